The molecule has 1 aliphatic rings. The average Bonchev–Trinajstić information content (AvgIpc) is 3.42. The van der Waals surface area contributed by atoms with Crippen molar-refractivity contribution in [2.24, 2.45) is 0 Å². The van der Waals surface area contributed by atoms with E-state index in [1.54, 1.807) is 5.38 Å². The molecular weight excluding hydrogens is 489 g/mol. The van der Waals surface area contributed by atoms with Gasteiger partial charge in [0.1, 0.15) is 28.9 Å². The summed E-state index contributed by atoms with van der Waals surface area (Å²) in [6.07, 6.45) is 1.25. The lowest BCUT2D eigenvalue weighted by Crippen LogP contribution is -2.40. The fourth-order valence-electron chi connectivity index (χ4n) is 4.50. The highest BCUT2D eigenvalue weighted by atomic mass is 32.1. The molecule has 2 amide bonds. The van der Waals surface area contributed by atoms with Crippen molar-refractivity contribution in [2.75, 3.05) is 11.9 Å². The monoisotopic (exact) mass is 515 g/mol. The van der Waals surface area contributed by atoms with Crippen molar-refractivity contribution in [2.45, 2.75) is 32.4 Å². The van der Waals surface area contributed by atoms with Crippen LogP contribution in [-0.2, 0) is 17.8 Å². The van der Waals surface area contributed by atoms with Gasteiger partial charge in [0, 0.05) is 24.0 Å². The number of carbonyl (C=O) groups excluding carboxylic acids is 2. The van der Waals surface area contributed by atoms with E-state index in [0.29, 0.717) is 29.4 Å². The molecule has 1 aromatic heterocycles. The van der Waals surface area contributed by atoms with Crippen molar-refractivity contribution in [3.8, 4) is 5.75 Å². The van der Waals surface area contributed by atoms with E-state index in [1.807, 2.05) is 42.2 Å². The van der Waals surface area contributed by atoms with E-state index < -0.39 is 0 Å². The molecule has 37 heavy (non-hydrogen) atoms. The summed E-state index contributed by atoms with van der Waals surface area (Å²) in [5.74, 6) is 0.0698. The summed E-state index contributed by atoms with van der Waals surface area (Å²) in [7, 11) is 0. The van der Waals surface area contributed by atoms with E-state index in [9.17, 15) is 14.0 Å². The van der Waals surface area contributed by atoms with Crippen LogP contribution in [0.5, 0.6) is 5.75 Å². The number of thiazole rings is 1. The minimum Gasteiger partial charge on any atom is -0.486 e. The third-order valence-corrected chi connectivity index (χ3v) is 7.15. The number of hydrogen-bond acceptors (Lipinski definition) is 5. The third kappa shape index (κ3) is 5.54. The fraction of sp³-hybridized carbons (Fsp3) is 0.207. The number of amides is 2. The molecular formula is C29H26FN3O3S. The van der Waals surface area contributed by atoms with Gasteiger partial charge in [0.15, 0.2) is 0 Å². The summed E-state index contributed by atoms with van der Waals surface area (Å²) in [6.45, 7) is 2.78. The molecule has 0 aliphatic carbocycles. The third-order valence-electron chi connectivity index (χ3n) is 6.33. The number of benzene rings is 3. The molecule has 2 heterocycles. The van der Waals surface area contributed by atoms with Gasteiger partial charge in [-0.1, -0.05) is 43.3 Å². The molecule has 1 N–H and O–H groups in total. The molecule has 5 rings (SSSR count). The maximum Gasteiger partial charge on any atom is 0.275 e. The highest BCUT2D eigenvalue weighted by Crippen LogP contribution is 2.37. The van der Waals surface area contributed by atoms with Gasteiger partial charge in [-0.3, -0.25) is 9.59 Å². The van der Waals surface area contributed by atoms with E-state index in [0.717, 1.165) is 17.5 Å². The number of halogens is 1. The molecule has 6 nitrogen and oxygen atoms in total. The number of anilines is 1. The van der Waals surface area contributed by atoms with Crippen LogP contribution in [0.25, 0.3) is 0 Å². The van der Waals surface area contributed by atoms with E-state index in [4.69, 9.17) is 4.74 Å². The van der Waals surface area contributed by atoms with Gasteiger partial charge in [-0.25, -0.2) is 9.37 Å². The number of aromatic nitrogens is 1. The molecule has 0 saturated carbocycles. The predicted octanol–water partition coefficient (Wildman–Crippen LogP) is 6.00. The molecule has 1 atom stereocenters. The molecule has 0 radical (unpaired) electrons. The summed E-state index contributed by atoms with van der Waals surface area (Å²) in [5, 5.41) is 5.04. The van der Waals surface area contributed by atoms with Crippen LogP contribution in [0.3, 0.4) is 0 Å². The molecule has 1 aliphatic heterocycles. The minimum atomic E-state index is -0.368. The quantitative estimate of drug-likeness (QED) is 0.328. The number of carbonyl (C=O) groups is 2. The number of hydrogen-bond donors (Lipinski definition) is 1. The largest absolute Gasteiger partial charge is 0.486 e. The van der Waals surface area contributed by atoms with E-state index >= 15 is 0 Å². The van der Waals surface area contributed by atoms with Gasteiger partial charge in [-0.15, -0.1) is 11.3 Å². The molecule has 8 heteroatoms. The van der Waals surface area contributed by atoms with Gasteiger partial charge in [-0.2, -0.15) is 0 Å². The minimum absolute atomic E-state index is 0.125. The maximum absolute atomic E-state index is 13.1. The molecule has 0 fully saturated rings. The molecule has 0 spiro atoms. The summed E-state index contributed by atoms with van der Waals surface area (Å²) in [5.41, 5.74) is 4.11. The Balaban J connectivity index is 1.31. The van der Waals surface area contributed by atoms with Crippen LogP contribution in [0, 0.1) is 5.82 Å². The second kappa shape index (κ2) is 10.9. The first-order valence-corrected chi connectivity index (χ1v) is 13.0. The van der Waals surface area contributed by atoms with Crippen LogP contribution in [0.15, 0.2) is 78.2 Å². The Hall–Kier alpha value is -4.04. The van der Waals surface area contributed by atoms with Gasteiger partial charge in [0.25, 0.3) is 5.91 Å². The molecule has 0 bridgehead atoms. The van der Waals surface area contributed by atoms with E-state index in [2.05, 4.69) is 28.5 Å². The van der Waals surface area contributed by atoms with Crippen molar-refractivity contribution in [1.29, 1.82) is 0 Å². The first kappa shape index (κ1) is 24.6. The standard InChI is InChI=1S/C29H26FN3O3S/c1-2-27(34)33-15-14-19-8-13-23(16-24(19)28(33)20-6-4-3-5-7-20)36-17-26-32-25(18-37-26)29(35)31-22-11-9-21(30)10-12-22/h3-13,16,18,28H,2,14-15,17H2,1H3,(H,31,35). The highest BCUT2D eigenvalue weighted by molar-refractivity contribution is 7.09. The summed E-state index contributed by atoms with van der Waals surface area (Å²) in [6, 6.07) is 21.5. The first-order chi connectivity index (χ1) is 18.0. The molecule has 4 aromatic rings. The van der Waals surface area contributed by atoms with Gasteiger partial charge in [0.05, 0.1) is 6.04 Å². The maximum atomic E-state index is 13.1. The van der Waals surface area contributed by atoms with Crippen molar-refractivity contribution >= 4 is 28.8 Å². The zero-order valence-electron chi connectivity index (χ0n) is 20.3. The number of nitrogens with one attached hydrogen (secondary N) is 1. The van der Waals surface area contributed by atoms with Gasteiger partial charge < -0.3 is 15.0 Å². The molecule has 3 aromatic carbocycles. The zero-order valence-corrected chi connectivity index (χ0v) is 21.1. The van der Waals surface area contributed by atoms with Crippen molar-refractivity contribution in [3.05, 3.63) is 111 Å². The Kier molecular flexibility index (Phi) is 7.28. The van der Waals surface area contributed by atoms with Crippen molar-refractivity contribution in [1.82, 2.24) is 9.88 Å². The summed E-state index contributed by atoms with van der Waals surface area (Å²) < 4.78 is 19.2. The Morgan fingerprint density at radius 2 is 1.89 bits per heavy atom. The number of rotatable bonds is 7. The summed E-state index contributed by atoms with van der Waals surface area (Å²) in [4.78, 5) is 31.6. The number of nitrogens with zero attached hydrogens (tertiary/aromatic N) is 2. The van der Waals surface area contributed by atoms with E-state index in [-0.39, 0.29) is 36.0 Å². The lowest BCUT2D eigenvalue weighted by Gasteiger charge is -2.38. The second-order valence-corrected chi connectivity index (χ2v) is 9.68. The van der Waals surface area contributed by atoms with Crippen LogP contribution in [0.4, 0.5) is 10.1 Å². The Bertz CT molecular complexity index is 1410. The Morgan fingerprint density at radius 1 is 1.11 bits per heavy atom. The van der Waals surface area contributed by atoms with Crippen molar-refractivity contribution < 1.29 is 18.7 Å². The normalized spacial score (nSPS) is 14.6. The smallest absolute Gasteiger partial charge is 0.275 e. The lowest BCUT2D eigenvalue weighted by molar-refractivity contribution is -0.132. The van der Waals surface area contributed by atoms with Crippen LogP contribution < -0.4 is 10.1 Å². The molecule has 0 saturated heterocycles. The average molecular weight is 516 g/mol. The van der Waals surface area contributed by atoms with Gasteiger partial charge in [0.2, 0.25) is 5.91 Å². The lowest BCUT2D eigenvalue weighted by atomic mass is 9.87. The summed E-state index contributed by atoms with van der Waals surface area (Å²) >= 11 is 1.33. The predicted molar refractivity (Wildman–Crippen MR) is 141 cm³/mol. The molecule has 1 unspecified atom stereocenters. The Labute approximate surface area is 218 Å². The SMILES string of the molecule is CCC(=O)N1CCc2ccc(OCc3nc(C(=O)Nc4ccc(F)cc4)cs3)cc2C1c1ccccc1. The Morgan fingerprint density at radius 3 is 2.65 bits per heavy atom. The van der Waals surface area contributed by atoms with Crippen LogP contribution in [0.2, 0.25) is 0 Å². The molecule has 188 valence electrons. The van der Waals surface area contributed by atoms with Gasteiger partial charge in [-0.05, 0) is 59.5 Å². The topological polar surface area (TPSA) is 71.5 Å². The van der Waals surface area contributed by atoms with Crippen LogP contribution in [0.1, 0.15) is 51.6 Å². The second-order valence-electron chi connectivity index (χ2n) is 8.74. The zero-order chi connectivity index (χ0) is 25.8. The van der Waals surface area contributed by atoms with Crippen LogP contribution >= 0.6 is 11.3 Å². The fourth-order valence-corrected chi connectivity index (χ4v) is 5.19. The highest BCUT2D eigenvalue weighted by Gasteiger charge is 2.31. The van der Waals surface area contributed by atoms with Crippen LogP contribution in [-0.4, -0.2) is 28.2 Å². The van der Waals surface area contributed by atoms with E-state index in [1.165, 1.54) is 41.2 Å². The number of ether oxygens (including phenoxy) is 1. The number of fused-ring (bicyclic) bond motifs is 1. The first-order valence-electron chi connectivity index (χ1n) is 12.1. The van der Waals surface area contributed by atoms with Gasteiger partial charge >= 0.3 is 0 Å². The van der Waals surface area contributed by atoms with Crippen molar-refractivity contribution in [3.63, 3.8) is 0 Å².